The summed E-state index contributed by atoms with van der Waals surface area (Å²) in [5, 5.41) is 0.847. The van der Waals surface area contributed by atoms with E-state index < -0.39 is 12.6 Å². The van der Waals surface area contributed by atoms with Crippen molar-refractivity contribution < 1.29 is 23.9 Å². The van der Waals surface area contributed by atoms with Crippen LogP contribution >= 0.6 is 43.5 Å². The van der Waals surface area contributed by atoms with E-state index in [2.05, 4.69) is 31.9 Å². The number of para-hydroxylation sites is 1. The van der Waals surface area contributed by atoms with E-state index in [1.165, 1.54) is 4.90 Å². The molecule has 1 aliphatic heterocycles. The van der Waals surface area contributed by atoms with Crippen molar-refractivity contribution in [3.8, 4) is 11.3 Å². The summed E-state index contributed by atoms with van der Waals surface area (Å²) in [7, 11) is 0. The van der Waals surface area contributed by atoms with Gasteiger partial charge in [0.05, 0.1) is 39.3 Å². The van der Waals surface area contributed by atoms with Crippen LogP contribution < -0.4 is 4.90 Å². The lowest BCUT2D eigenvalue weighted by molar-refractivity contribution is -0.122. The van der Waals surface area contributed by atoms with Gasteiger partial charge in [-0.15, -0.1) is 0 Å². The molecular weight excluding hydrogens is 712 g/mol. The molecule has 2 amide bonds. The largest absolute Gasteiger partial charge is 0.454 e. The molecule has 4 unspecified atom stereocenters. The molecule has 0 bridgehead atoms. The second kappa shape index (κ2) is 12.2. The van der Waals surface area contributed by atoms with Crippen LogP contribution in [0.2, 0.25) is 5.02 Å². The number of pyridine rings is 1. The summed E-state index contributed by atoms with van der Waals surface area (Å²) in [6.07, 6.45) is 1.19. The molecule has 6 rings (SSSR count). The van der Waals surface area contributed by atoms with Crippen molar-refractivity contribution in [2.45, 2.75) is 36.3 Å². The van der Waals surface area contributed by atoms with E-state index in [4.69, 9.17) is 21.3 Å². The van der Waals surface area contributed by atoms with Crippen LogP contribution in [0.4, 0.5) is 5.69 Å². The molecule has 2 aliphatic rings. The molecule has 1 saturated heterocycles. The first-order valence-corrected chi connectivity index (χ1v) is 16.4. The number of carbonyl (C=O) groups excluding carboxylic acids is 4. The molecule has 10 heteroatoms. The molecule has 0 N–H and O–H groups in total. The number of ether oxygens (including phenoxy) is 1. The molecule has 4 atom stereocenters. The Balaban J connectivity index is 1.27. The van der Waals surface area contributed by atoms with Gasteiger partial charge >= 0.3 is 5.97 Å². The summed E-state index contributed by atoms with van der Waals surface area (Å²) >= 11 is 13.7. The fourth-order valence-corrected chi connectivity index (χ4v) is 7.32. The molecule has 1 saturated carbocycles. The van der Waals surface area contributed by atoms with Crippen LogP contribution in [0.1, 0.15) is 44.7 Å². The van der Waals surface area contributed by atoms with Gasteiger partial charge in [0.1, 0.15) is 0 Å². The van der Waals surface area contributed by atoms with E-state index >= 15 is 0 Å². The molecule has 2 fully saturated rings. The lowest BCUT2D eigenvalue weighted by Crippen LogP contribution is -2.34. The van der Waals surface area contributed by atoms with Crippen molar-refractivity contribution >= 4 is 83.6 Å². The normalized spacial score (nSPS) is 21.4. The lowest BCUT2D eigenvalue weighted by Gasteiger charge is -2.29. The van der Waals surface area contributed by atoms with Gasteiger partial charge in [0.25, 0.3) is 0 Å². The molecule has 3 aromatic carbocycles. The number of esters is 1. The number of hydrogen-bond donors (Lipinski definition) is 0. The SMILES string of the molecule is Cc1ccc(C(=O)COC(=O)c2cc(-c3ccc(N4C(=O)C5CC(Br)C(Br)CC5C4=O)cc3)nc3c(Cl)cccc23)cc1C. The number of aryl methyl sites for hydroxylation is 2. The number of fused-ring (bicyclic) bond motifs is 2. The van der Waals surface area contributed by atoms with Crippen molar-refractivity contribution in [2.75, 3.05) is 11.5 Å². The second-order valence-electron chi connectivity index (χ2n) is 11.3. The minimum atomic E-state index is -0.680. The molecule has 0 spiro atoms. The van der Waals surface area contributed by atoms with Crippen molar-refractivity contribution in [1.29, 1.82) is 0 Å². The number of Topliss-reactive ketones (excluding diaryl/α,β-unsaturated/α-hetero) is 1. The van der Waals surface area contributed by atoms with Gasteiger partial charge < -0.3 is 4.74 Å². The quantitative estimate of drug-likeness (QED) is 0.0875. The minimum absolute atomic E-state index is 0.124. The van der Waals surface area contributed by atoms with Gasteiger partial charge in [0.2, 0.25) is 11.8 Å². The Morgan fingerprint density at radius 1 is 0.909 bits per heavy atom. The predicted octanol–water partition coefficient (Wildman–Crippen LogP) is 7.64. The van der Waals surface area contributed by atoms with Crippen LogP contribution in [0.25, 0.3) is 22.2 Å². The lowest BCUT2D eigenvalue weighted by atomic mass is 9.81. The standard InChI is InChI=1S/C34H27Br2ClN2O5/c1-17-6-7-20(12-18(17)2)30(40)16-44-34(43)25-15-29(38-31-22(25)4-3-5-28(31)37)19-8-10-21(11-9-19)39-32(41)23-13-26(35)27(36)14-24(23)33(39)42/h3-12,15,23-24,26-27H,13-14,16H2,1-2H3. The third-order valence-corrected chi connectivity index (χ3v) is 11.5. The number of hydrogen-bond acceptors (Lipinski definition) is 6. The highest BCUT2D eigenvalue weighted by atomic mass is 79.9. The number of benzene rings is 3. The van der Waals surface area contributed by atoms with Gasteiger partial charge in [-0.25, -0.2) is 9.78 Å². The Kier molecular flexibility index (Phi) is 8.48. The molecule has 44 heavy (non-hydrogen) atoms. The fourth-order valence-electron chi connectivity index (χ4n) is 5.87. The maximum atomic E-state index is 13.3. The van der Waals surface area contributed by atoms with E-state index in [1.807, 2.05) is 19.9 Å². The van der Waals surface area contributed by atoms with Crippen LogP contribution in [0, 0.1) is 25.7 Å². The highest BCUT2D eigenvalue weighted by molar-refractivity contribution is 9.12. The number of ketones is 1. The number of alkyl halides is 2. The van der Waals surface area contributed by atoms with Gasteiger partial charge in [-0.3, -0.25) is 19.3 Å². The van der Waals surface area contributed by atoms with Gasteiger partial charge in [0.15, 0.2) is 12.4 Å². The van der Waals surface area contributed by atoms with Crippen LogP contribution in [0.3, 0.4) is 0 Å². The Morgan fingerprint density at radius 2 is 1.57 bits per heavy atom. The zero-order valence-electron chi connectivity index (χ0n) is 23.9. The van der Waals surface area contributed by atoms with Crippen molar-refractivity contribution in [1.82, 2.24) is 4.98 Å². The molecule has 224 valence electrons. The first-order valence-electron chi connectivity index (χ1n) is 14.2. The molecule has 7 nitrogen and oxygen atoms in total. The Labute approximate surface area is 276 Å². The fraction of sp³-hybridized carbons (Fsp3) is 0.265. The van der Waals surface area contributed by atoms with Crippen molar-refractivity contribution in [3.05, 3.63) is 94.0 Å². The Bertz CT molecular complexity index is 1820. The number of anilines is 1. The first-order chi connectivity index (χ1) is 21.0. The van der Waals surface area contributed by atoms with E-state index in [-0.39, 0.29) is 44.7 Å². The van der Waals surface area contributed by atoms with Gasteiger partial charge in [-0.2, -0.15) is 0 Å². The summed E-state index contributed by atoms with van der Waals surface area (Å²) in [5.41, 5.74) is 4.71. The number of nitrogens with zero attached hydrogens (tertiary/aromatic N) is 2. The average molecular weight is 739 g/mol. The van der Waals surface area contributed by atoms with Gasteiger partial charge in [0, 0.05) is 26.2 Å². The zero-order chi connectivity index (χ0) is 31.3. The minimum Gasteiger partial charge on any atom is -0.454 e. The monoisotopic (exact) mass is 736 g/mol. The van der Waals surface area contributed by atoms with E-state index in [0.29, 0.717) is 51.3 Å². The third kappa shape index (κ3) is 5.61. The topological polar surface area (TPSA) is 93.6 Å². The average Bonchev–Trinajstić information content (AvgIpc) is 3.25. The molecule has 4 aromatic rings. The molecule has 1 aliphatic carbocycles. The molecular formula is C34H27Br2ClN2O5. The van der Waals surface area contributed by atoms with Crippen LogP contribution in [0.5, 0.6) is 0 Å². The maximum Gasteiger partial charge on any atom is 0.339 e. The smallest absolute Gasteiger partial charge is 0.339 e. The number of halogens is 3. The summed E-state index contributed by atoms with van der Waals surface area (Å²) < 4.78 is 5.48. The highest BCUT2D eigenvalue weighted by Crippen LogP contribution is 2.44. The van der Waals surface area contributed by atoms with Crippen molar-refractivity contribution in [3.63, 3.8) is 0 Å². The Morgan fingerprint density at radius 3 is 2.20 bits per heavy atom. The first kappa shape index (κ1) is 30.6. The number of amides is 2. The highest BCUT2D eigenvalue weighted by Gasteiger charge is 2.52. The molecule has 2 heterocycles. The third-order valence-electron chi connectivity index (χ3n) is 8.51. The van der Waals surface area contributed by atoms with E-state index in [9.17, 15) is 19.2 Å². The number of imide groups is 1. The Hall–Kier alpha value is -3.40. The summed E-state index contributed by atoms with van der Waals surface area (Å²) in [6.45, 7) is 3.47. The van der Waals surface area contributed by atoms with Crippen LogP contribution in [-0.4, -0.2) is 44.8 Å². The van der Waals surface area contributed by atoms with Crippen molar-refractivity contribution in [2.24, 2.45) is 11.8 Å². The predicted molar refractivity (Wildman–Crippen MR) is 177 cm³/mol. The number of aromatic nitrogens is 1. The zero-order valence-corrected chi connectivity index (χ0v) is 27.8. The summed E-state index contributed by atoms with van der Waals surface area (Å²) in [5.74, 6) is -2.06. The van der Waals surface area contributed by atoms with E-state index in [1.54, 1.807) is 60.7 Å². The van der Waals surface area contributed by atoms with Gasteiger partial charge in [-0.05, 0) is 68.1 Å². The molecule has 0 radical (unpaired) electrons. The van der Waals surface area contributed by atoms with Crippen LogP contribution in [0.15, 0.2) is 66.7 Å². The number of carbonyl (C=O) groups is 4. The second-order valence-corrected chi connectivity index (χ2v) is 14.0. The van der Waals surface area contributed by atoms with Gasteiger partial charge in [-0.1, -0.05) is 79.9 Å². The maximum absolute atomic E-state index is 13.3. The summed E-state index contributed by atoms with van der Waals surface area (Å²) in [4.78, 5) is 58.9. The number of rotatable bonds is 6. The molecule has 1 aromatic heterocycles. The summed E-state index contributed by atoms with van der Waals surface area (Å²) in [6, 6.07) is 19.0. The van der Waals surface area contributed by atoms with E-state index in [0.717, 1.165) is 11.1 Å². The van der Waals surface area contributed by atoms with Crippen LogP contribution in [-0.2, 0) is 14.3 Å².